The SMILES string of the molecule is NC(=O)[C@@H]1CCCN1CC1CCC(N)CC1. The highest BCUT2D eigenvalue weighted by Crippen LogP contribution is 2.27. The third-order valence-corrected chi connectivity index (χ3v) is 4.08. The van der Waals surface area contributed by atoms with Gasteiger partial charge in [-0.1, -0.05) is 0 Å². The van der Waals surface area contributed by atoms with Gasteiger partial charge < -0.3 is 11.5 Å². The summed E-state index contributed by atoms with van der Waals surface area (Å²) in [5.41, 5.74) is 11.3. The van der Waals surface area contributed by atoms with Gasteiger partial charge in [0.2, 0.25) is 5.91 Å². The van der Waals surface area contributed by atoms with E-state index in [-0.39, 0.29) is 11.9 Å². The van der Waals surface area contributed by atoms with Gasteiger partial charge in [0.15, 0.2) is 0 Å². The molecule has 1 atom stereocenters. The first-order valence-corrected chi connectivity index (χ1v) is 6.45. The van der Waals surface area contributed by atoms with E-state index in [1.54, 1.807) is 0 Å². The van der Waals surface area contributed by atoms with Crippen LogP contribution in [0.4, 0.5) is 0 Å². The van der Waals surface area contributed by atoms with Gasteiger partial charge >= 0.3 is 0 Å². The number of amides is 1. The molecular formula is C12H23N3O. The molecule has 4 heteroatoms. The Bertz CT molecular complexity index is 249. The molecule has 92 valence electrons. The van der Waals surface area contributed by atoms with Crippen molar-refractivity contribution in [3.05, 3.63) is 0 Å². The average Bonchev–Trinajstić information content (AvgIpc) is 2.69. The second-order valence-electron chi connectivity index (χ2n) is 5.34. The number of rotatable bonds is 3. The van der Waals surface area contributed by atoms with Crippen LogP contribution in [0.15, 0.2) is 0 Å². The quantitative estimate of drug-likeness (QED) is 0.732. The van der Waals surface area contributed by atoms with Crippen LogP contribution < -0.4 is 11.5 Å². The fourth-order valence-corrected chi connectivity index (χ4v) is 3.07. The molecule has 1 saturated heterocycles. The van der Waals surface area contributed by atoms with E-state index in [0.717, 1.165) is 44.7 Å². The minimum absolute atomic E-state index is 0.00407. The Labute approximate surface area is 97.3 Å². The average molecular weight is 225 g/mol. The first-order valence-electron chi connectivity index (χ1n) is 6.45. The summed E-state index contributed by atoms with van der Waals surface area (Å²) in [6.07, 6.45) is 6.76. The van der Waals surface area contributed by atoms with Crippen molar-refractivity contribution < 1.29 is 4.79 Å². The summed E-state index contributed by atoms with van der Waals surface area (Å²) in [7, 11) is 0. The minimum Gasteiger partial charge on any atom is -0.368 e. The lowest BCUT2D eigenvalue weighted by atomic mass is 9.86. The molecular weight excluding hydrogens is 202 g/mol. The van der Waals surface area contributed by atoms with E-state index in [2.05, 4.69) is 4.90 Å². The van der Waals surface area contributed by atoms with Gasteiger partial charge in [0, 0.05) is 12.6 Å². The van der Waals surface area contributed by atoms with Gasteiger partial charge in [0.25, 0.3) is 0 Å². The Morgan fingerprint density at radius 1 is 1.19 bits per heavy atom. The van der Waals surface area contributed by atoms with Gasteiger partial charge in [-0.15, -0.1) is 0 Å². The van der Waals surface area contributed by atoms with Gasteiger partial charge in [-0.25, -0.2) is 0 Å². The van der Waals surface area contributed by atoms with Crippen LogP contribution in [0, 0.1) is 5.92 Å². The summed E-state index contributed by atoms with van der Waals surface area (Å²) >= 11 is 0. The highest BCUT2D eigenvalue weighted by molar-refractivity contribution is 5.80. The van der Waals surface area contributed by atoms with Crippen LogP contribution in [0.2, 0.25) is 0 Å². The summed E-state index contributed by atoms with van der Waals surface area (Å²) in [6, 6.07) is 0.400. The third kappa shape index (κ3) is 2.74. The van der Waals surface area contributed by atoms with E-state index in [1.165, 1.54) is 12.8 Å². The molecule has 0 bridgehead atoms. The number of carbonyl (C=O) groups is 1. The Kier molecular flexibility index (Phi) is 3.82. The molecule has 1 aliphatic heterocycles. The zero-order valence-electron chi connectivity index (χ0n) is 9.90. The standard InChI is InChI=1S/C12H23N3O/c13-10-5-3-9(4-6-10)8-15-7-1-2-11(15)12(14)16/h9-11H,1-8,13H2,(H2,14,16)/t9?,10?,11-/m0/s1. The van der Waals surface area contributed by atoms with E-state index >= 15 is 0 Å². The van der Waals surface area contributed by atoms with Crippen molar-refractivity contribution in [2.24, 2.45) is 17.4 Å². The molecule has 4 N–H and O–H groups in total. The van der Waals surface area contributed by atoms with Crippen molar-refractivity contribution in [2.75, 3.05) is 13.1 Å². The second-order valence-corrected chi connectivity index (χ2v) is 5.34. The largest absolute Gasteiger partial charge is 0.368 e. The molecule has 2 fully saturated rings. The van der Waals surface area contributed by atoms with Gasteiger partial charge in [0.05, 0.1) is 6.04 Å². The van der Waals surface area contributed by atoms with E-state index < -0.39 is 0 Å². The Hall–Kier alpha value is -0.610. The number of primary amides is 1. The molecule has 2 aliphatic rings. The Balaban J connectivity index is 1.82. The number of hydrogen-bond acceptors (Lipinski definition) is 3. The van der Waals surface area contributed by atoms with Gasteiger partial charge in [-0.3, -0.25) is 9.69 Å². The first-order chi connectivity index (χ1) is 7.66. The van der Waals surface area contributed by atoms with Crippen molar-refractivity contribution in [3.8, 4) is 0 Å². The molecule has 4 nitrogen and oxygen atoms in total. The van der Waals surface area contributed by atoms with Crippen LogP contribution in [0.3, 0.4) is 0 Å². The summed E-state index contributed by atoms with van der Waals surface area (Å²) in [5.74, 6) is 0.574. The van der Waals surface area contributed by atoms with Crippen LogP contribution in [0.25, 0.3) is 0 Å². The number of carbonyl (C=O) groups excluding carboxylic acids is 1. The lowest BCUT2D eigenvalue weighted by Gasteiger charge is -2.31. The predicted molar refractivity (Wildman–Crippen MR) is 63.7 cm³/mol. The molecule has 0 aromatic carbocycles. The lowest BCUT2D eigenvalue weighted by molar-refractivity contribution is -0.122. The van der Waals surface area contributed by atoms with Crippen LogP contribution in [0.1, 0.15) is 38.5 Å². The topological polar surface area (TPSA) is 72.4 Å². The molecule has 2 rings (SSSR count). The maximum absolute atomic E-state index is 11.3. The summed E-state index contributed by atoms with van der Waals surface area (Å²) < 4.78 is 0. The summed E-state index contributed by atoms with van der Waals surface area (Å²) in [5, 5.41) is 0. The van der Waals surface area contributed by atoms with Crippen molar-refractivity contribution in [2.45, 2.75) is 50.6 Å². The molecule has 0 unspecified atom stereocenters. The van der Waals surface area contributed by atoms with Crippen molar-refractivity contribution in [1.29, 1.82) is 0 Å². The van der Waals surface area contributed by atoms with E-state index in [4.69, 9.17) is 11.5 Å². The van der Waals surface area contributed by atoms with Gasteiger partial charge in [0.1, 0.15) is 0 Å². The fourth-order valence-electron chi connectivity index (χ4n) is 3.07. The fraction of sp³-hybridized carbons (Fsp3) is 0.917. The van der Waals surface area contributed by atoms with Crippen molar-refractivity contribution >= 4 is 5.91 Å². The van der Waals surface area contributed by atoms with Crippen LogP contribution in [-0.4, -0.2) is 36.0 Å². The highest BCUT2D eigenvalue weighted by atomic mass is 16.1. The number of nitrogens with zero attached hydrogens (tertiary/aromatic N) is 1. The lowest BCUT2D eigenvalue weighted by Crippen LogP contribution is -2.43. The van der Waals surface area contributed by atoms with Crippen LogP contribution >= 0.6 is 0 Å². The minimum atomic E-state index is -0.148. The van der Waals surface area contributed by atoms with Crippen LogP contribution in [0.5, 0.6) is 0 Å². The smallest absolute Gasteiger partial charge is 0.234 e. The van der Waals surface area contributed by atoms with E-state index in [1.807, 2.05) is 0 Å². The predicted octanol–water partition coefficient (Wildman–Crippen LogP) is 0.454. The highest BCUT2D eigenvalue weighted by Gasteiger charge is 2.31. The van der Waals surface area contributed by atoms with Crippen LogP contribution in [-0.2, 0) is 4.79 Å². The van der Waals surface area contributed by atoms with Gasteiger partial charge in [-0.05, 0) is 51.0 Å². The number of likely N-dealkylation sites (tertiary alicyclic amines) is 1. The molecule has 0 spiro atoms. The zero-order valence-corrected chi connectivity index (χ0v) is 9.90. The number of nitrogens with two attached hydrogens (primary N) is 2. The Morgan fingerprint density at radius 2 is 1.88 bits per heavy atom. The third-order valence-electron chi connectivity index (χ3n) is 4.08. The summed E-state index contributed by atoms with van der Waals surface area (Å²) in [4.78, 5) is 13.5. The zero-order chi connectivity index (χ0) is 11.5. The molecule has 1 heterocycles. The second kappa shape index (κ2) is 5.15. The molecule has 1 aliphatic carbocycles. The van der Waals surface area contributed by atoms with Gasteiger partial charge in [-0.2, -0.15) is 0 Å². The molecule has 0 radical (unpaired) electrons. The van der Waals surface area contributed by atoms with E-state index in [9.17, 15) is 4.79 Å². The maximum atomic E-state index is 11.3. The summed E-state index contributed by atoms with van der Waals surface area (Å²) in [6.45, 7) is 2.08. The molecule has 0 aromatic rings. The molecule has 1 amide bonds. The monoisotopic (exact) mass is 225 g/mol. The Morgan fingerprint density at radius 3 is 2.50 bits per heavy atom. The molecule has 0 aromatic heterocycles. The molecule has 16 heavy (non-hydrogen) atoms. The van der Waals surface area contributed by atoms with E-state index in [0.29, 0.717) is 6.04 Å². The number of hydrogen-bond donors (Lipinski definition) is 2. The maximum Gasteiger partial charge on any atom is 0.234 e. The van der Waals surface area contributed by atoms with Crippen molar-refractivity contribution in [1.82, 2.24) is 4.90 Å². The molecule has 1 saturated carbocycles. The van der Waals surface area contributed by atoms with Crippen molar-refractivity contribution in [3.63, 3.8) is 0 Å². The normalized spacial score (nSPS) is 36.4. The first kappa shape index (κ1) is 11.9.